The van der Waals surface area contributed by atoms with Crippen LogP contribution < -0.4 is 21.3 Å². The molecule has 0 unspecified atom stereocenters. The number of halogens is 1. The Labute approximate surface area is 293 Å². The normalized spacial score (nSPS) is 15.4. The number of thiophene rings is 2. The Morgan fingerprint density at radius 1 is 0.833 bits per heavy atom. The fraction of sp³-hybridized carbons (Fsp3) is 0.424. The van der Waals surface area contributed by atoms with Gasteiger partial charge in [0.2, 0.25) is 0 Å². The molecular formula is C33H37BrN6O6S2. The summed E-state index contributed by atoms with van der Waals surface area (Å²) < 4.78 is 10.2. The molecule has 12 nitrogen and oxygen atoms in total. The molecule has 6 aromatic heterocycles. The van der Waals surface area contributed by atoms with Gasteiger partial charge >= 0.3 is 0 Å². The van der Waals surface area contributed by atoms with Gasteiger partial charge < -0.3 is 14.8 Å². The number of carboxylic acids is 1. The highest BCUT2D eigenvalue weighted by Gasteiger charge is 2.22. The summed E-state index contributed by atoms with van der Waals surface area (Å²) in [4.78, 5) is 64.5. The molecule has 2 aliphatic rings. The monoisotopic (exact) mass is 756 g/mol. The molecule has 2 N–H and O–H groups in total. The van der Waals surface area contributed by atoms with Crippen molar-refractivity contribution in [3.05, 3.63) is 68.1 Å². The van der Waals surface area contributed by atoms with Gasteiger partial charge in [-0.05, 0) is 31.7 Å². The molecule has 254 valence electrons. The predicted molar refractivity (Wildman–Crippen MR) is 196 cm³/mol. The highest BCUT2D eigenvalue weighted by molar-refractivity contribution is 8.93. The predicted octanol–water partition coefficient (Wildman–Crippen LogP) is 6.99. The number of fused-ring (bicyclic) bond motifs is 6. The Bertz CT molecular complexity index is 2240. The number of ether oxygens (including phenoxy) is 1. The number of nitrogens with zero attached hydrogens (tertiary/aromatic N) is 5. The van der Waals surface area contributed by atoms with Gasteiger partial charge in [-0.1, -0.05) is 38.5 Å². The summed E-state index contributed by atoms with van der Waals surface area (Å²) in [7, 11) is 1.63. The lowest BCUT2D eigenvalue weighted by Crippen LogP contribution is -2.26. The van der Waals surface area contributed by atoms with Crippen LogP contribution in [0.5, 0.6) is 5.75 Å². The van der Waals surface area contributed by atoms with Crippen molar-refractivity contribution in [3.8, 4) is 5.75 Å². The summed E-state index contributed by atoms with van der Waals surface area (Å²) in [6.07, 6.45) is 18.1. The molecule has 0 radical (unpaired) electrons. The van der Waals surface area contributed by atoms with Crippen molar-refractivity contribution in [2.45, 2.75) is 83.2 Å². The molecule has 0 spiro atoms. The van der Waals surface area contributed by atoms with Crippen LogP contribution in [0, 0.1) is 0 Å². The van der Waals surface area contributed by atoms with E-state index in [-0.39, 0.29) is 39.6 Å². The summed E-state index contributed by atoms with van der Waals surface area (Å²) in [5.74, 6) is -0.112. The van der Waals surface area contributed by atoms with Crippen LogP contribution in [0.2, 0.25) is 0 Å². The van der Waals surface area contributed by atoms with E-state index in [1.807, 2.05) is 10.6 Å². The van der Waals surface area contributed by atoms with Crippen molar-refractivity contribution in [3.63, 3.8) is 0 Å². The molecule has 0 amide bonds. The van der Waals surface area contributed by atoms with Gasteiger partial charge in [-0.25, -0.2) is 15.0 Å². The Morgan fingerprint density at radius 2 is 1.35 bits per heavy atom. The van der Waals surface area contributed by atoms with Crippen LogP contribution in [0.4, 0.5) is 0 Å². The maximum absolute atomic E-state index is 12.9. The number of carbonyl (C=O) groups is 1. The second-order valence-electron chi connectivity index (χ2n) is 11.8. The number of nitrogens with one attached hydrogen (secondary N) is 1. The molecule has 2 aliphatic carbocycles. The number of rotatable bonds is 3. The number of methoxy groups -OCH3 is 1. The number of aliphatic carboxylic acids is 1. The molecule has 15 heteroatoms. The molecule has 0 bridgehead atoms. The van der Waals surface area contributed by atoms with E-state index in [9.17, 15) is 14.4 Å². The van der Waals surface area contributed by atoms with Gasteiger partial charge in [-0.2, -0.15) is 0 Å². The van der Waals surface area contributed by atoms with Crippen LogP contribution in [0.25, 0.3) is 40.9 Å². The first-order valence-electron chi connectivity index (χ1n) is 15.8. The van der Waals surface area contributed by atoms with E-state index >= 15 is 0 Å². The van der Waals surface area contributed by atoms with Crippen molar-refractivity contribution in [1.29, 1.82) is 0 Å². The van der Waals surface area contributed by atoms with Crippen molar-refractivity contribution >= 4 is 86.5 Å². The van der Waals surface area contributed by atoms with Gasteiger partial charge in [-0.15, -0.1) is 39.7 Å². The van der Waals surface area contributed by atoms with Crippen molar-refractivity contribution in [2.75, 3.05) is 7.11 Å². The van der Waals surface area contributed by atoms with Crippen LogP contribution >= 0.6 is 39.7 Å². The zero-order chi connectivity index (χ0) is 33.1. The van der Waals surface area contributed by atoms with E-state index < -0.39 is 5.97 Å². The van der Waals surface area contributed by atoms with Crippen molar-refractivity contribution in [2.24, 2.45) is 0 Å². The third-order valence-corrected chi connectivity index (χ3v) is 10.9. The highest BCUT2D eigenvalue weighted by atomic mass is 79.9. The lowest BCUT2D eigenvalue weighted by Gasteiger charge is -2.23. The molecule has 48 heavy (non-hydrogen) atoms. The van der Waals surface area contributed by atoms with E-state index in [1.54, 1.807) is 36.7 Å². The molecule has 6 aromatic rings. The van der Waals surface area contributed by atoms with E-state index in [0.717, 1.165) is 53.4 Å². The maximum Gasteiger partial charge on any atom is 0.300 e. The van der Waals surface area contributed by atoms with Crippen LogP contribution in [0.1, 0.15) is 83.2 Å². The lowest BCUT2D eigenvalue weighted by atomic mass is 9.95. The minimum absolute atomic E-state index is 0. The van der Waals surface area contributed by atoms with Gasteiger partial charge in [0, 0.05) is 37.5 Å². The van der Waals surface area contributed by atoms with E-state index in [1.165, 1.54) is 67.3 Å². The van der Waals surface area contributed by atoms with Gasteiger partial charge in [-0.3, -0.25) is 28.3 Å². The Balaban J connectivity index is 0.000000166. The van der Waals surface area contributed by atoms with Gasteiger partial charge in [0.05, 0.1) is 30.5 Å². The molecule has 0 atom stereocenters. The summed E-state index contributed by atoms with van der Waals surface area (Å²) in [5.41, 5.74) is 1.20. The molecule has 0 aromatic carbocycles. The van der Waals surface area contributed by atoms with Gasteiger partial charge in [0.25, 0.3) is 17.1 Å². The molecule has 6 heterocycles. The number of hydrogen-bond donors (Lipinski definition) is 2. The van der Waals surface area contributed by atoms with E-state index in [0.29, 0.717) is 31.9 Å². The smallest absolute Gasteiger partial charge is 0.300 e. The summed E-state index contributed by atoms with van der Waals surface area (Å²) in [6.45, 7) is 1.08. The molecule has 2 fully saturated rings. The standard InChI is InChI=1S/C16H17N3O2S.C15H15N3O2S.C2H4O2.BrH/c1-21-11-7-8-17-15-12(11)13-14(22-15)16(20)19(9-18-13)10-5-3-2-4-6-10;19-10-6-7-16-14-11(10)12-13(21-14)15(20)18(8-17-12)9-4-2-1-3-5-9;1-2(3)4;/h7-10H,2-6H2,1H3;6-9H,1-5H2,(H,16,19);1H3,(H,3,4);1H. The van der Waals surface area contributed by atoms with Gasteiger partial charge in [0.1, 0.15) is 35.8 Å². The Morgan fingerprint density at radius 3 is 1.90 bits per heavy atom. The number of aromatic nitrogens is 6. The molecule has 0 aliphatic heterocycles. The highest BCUT2D eigenvalue weighted by Crippen LogP contribution is 2.36. The van der Waals surface area contributed by atoms with Crippen molar-refractivity contribution in [1.82, 2.24) is 29.1 Å². The number of aromatic amines is 1. The third kappa shape index (κ3) is 7.08. The summed E-state index contributed by atoms with van der Waals surface area (Å²) in [5, 5.41) is 8.79. The largest absolute Gasteiger partial charge is 0.496 e. The fourth-order valence-corrected chi connectivity index (χ4v) is 8.66. The van der Waals surface area contributed by atoms with E-state index in [4.69, 9.17) is 14.6 Å². The number of pyridine rings is 2. The van der Waals surface area contributed by atoms with E-state index in [2.05, 4.69) is 19.9 Å². The first-order chi connectivity index (χ1) is 22.8. The number of H-pyrrole nitrogens is 1. The van der Waals surface area contributed by atoms with Crippen LogP contribution in [0.3, 0.4) is 0 Å². The second kappa shape index (κ2) is 15.5. The zero-order valence-corrected chi connectivity index (χ0v) is 30.0. The Hall–Kier alpha value is -3.95. The Kier molecular flexibility index (Phi) is 11.4. The maximum atomic E-state index is 12.9. The number of hydrogen-bond acceptors (Lipinski definition) is 10. The number of carboxylic acid groups (broad SMARTS) is 1. The molecule has 0 saturated heterocycles. The quantitative estimate of drug-likeness (QED) is 0.194. The lowest BCUT2D eigenvalue weighted by molar-refractivity contribution is -0.134. The van der Waals surface area contributed by atoms with Crippen LogP contribution in [-0.4, -0.2) is 47.3 Å². The topological polar surface area (TPSA) is 162 Å². The molecule has 2 saturated carbocycles. The SMILES string of the molecule is Br.CC(=O)O.COc1ccnc2sc3c(=O)n(C4CCCCC4)cnc3c12.O=c1cc[nH]c2sc3c(=O)n(C4CCCCC4)cnc3c12. The minimum Gasteiger partial charge on any atom is -0.496 e. The van der Waals surface area contributed by atoms with Crippen molar-refractivity contribution < 1.29 is 14.6 Å². The van der Waals surface area contributed by atoms with Gasteiger partial charge in [0.15, 0.2) is 5.43 Å². The first-order valence-corrected chi connectivity index (χ1v) is 17.4. The fourth-order valence-electron chi connectivity index (χ4n) is 6.53. The first kappa shape index (κ1) is 35.4. The van der Waals surface area contributed by atoms with Crippen LogP contribution in [-0.2, 0) is 4.79 Å². The second-order valence-corrected chi connectivity index (χ2v) is 13.8. The minimum atomic E-state index is -0.833. The zero-order valence-electron chi connectivity index (χ0n) is 26.6. The van der Waals surface area contributed by atoms with Crippen LogP contribution in [0.15, 0.2) is 51.6 Å². The average molecular weight is 758 g/mol. The molecule has 8 rings (SSSR count). The summed E-state index contributed by atoms with van der Waals surface area (Å²) in [6, 6.07) is 3.83. The molecular weight excluding hydrogens is 720 g/mol. The summed E-state index contributed by atoms with van der Waals surface area (Å²) >= 11 is 2.74. The average Bonchev–Trinajstić information content (AvgIpc) is 3.67. The third-order valence-electron chi connectivity index (χ3n) is 8.74.